The summed E-state index contributed by atoms with van der Waals surface area (Å²) in [6, 6.07) is 15.3. The first kappa shape index (κ1) is 19.8. The Morgan fingerprint density at radius 1 is 0.900 bits per heavy atom. The molecule has 0 saturated carbocycles. The van der Waals surface area contributed by atoms with Crippen LogP contribution in [0.4, 0.5) is 10.1 Å². The summed E-state index contributed by atoms with van der Waals surface area (Å²) in [5, 5.41) is 4.42. The number of aryl methyl sites for hydroxylation is 1. The van der Waals surface area contributed by atoms with E-state index in [-0.39, 0.29) is 17.5 Å². The molecule has 1 aliphatic rings. The first-order valence-electron chi connectivity index (χ1n) is 9.90. The second-order valence-corrected chi connectivity index (χ2v) is 7.44. The number of amides is 1. The van der Waals surface area contributed by atoms with E-state index in [9.17, 15) is 14.0 Å². The smallest absolute Gasteiger partial charge is 0.272 e. The number of rotatable bonds is 4. The molecule has 1 fully saturated rings. The molecule has 6 nitrogen and oxygen atoms in total. The fourth-order valence-corrected chi connectivity index (χ4v) is 3.67. The number of anilines is 1. The van der Waals surface area contributed by atoms with Crippen molar-refractivity contribution in [3.05, 3.63) is 77.4 Å². The van der Waals surface area contributed by atoms with Crippen LogP contribution >= 0.6 is 0 Å². The number of benzene rings is 2. The zero-order valence-corrected chi connectivity index (χ0v) is 17.0. The minimum absolute atomic E-state index is 0.0463. The van der Waals surface area contributed by atoms with Crippen molar-refractivity contribution in [1.82, 2.24) is 14.7 Å². The summed E-state index contributed by atoms with van der Waals surface area (Å²) in [6.07, 6.45) is 0. The van der Waals surface area contributed by atoms with E-state index in [1.165, 1.54) is 12.1 Å². The number of piperazine rings is 1. The number of halogens is 1. The third kappa shape index (κ3) is 3.96. The maximum absolute atomic E-state index is 13.3. The van der Waals surface area contributed by atoms with Crippen LogP contribution in [-0.4, -0.2) is 52.5 Å². The van der Waals surface area contributed by atoms with E-state index < -0.39 is 0 Å². The van der Waals surface area contributed by atoms with Gasteiger partial charge in [-0.2, -0.15) is 5.10 Å². The van der Waals surface area contributed by atoms with E-state index in [0.717, 1.165) is 11.4 Å². The molecular weight excluding hydrogens is 383 g/mol. The highest BCUT2D eigenvalue weighted by Gasteiger charge is 2.25. The molecule has 1 saturated heterocycles. The van der Waals surface area contributed by atoms with Gasteiger partial charge in [0.25, 0.3) is 5.91 Å². The molecule has 1 aromatic heterocycles. The summed E-state index contributed by atoms with van der Waals surface area (Å²) in [7, 11) is 0. The highest BCUT2D eigenvalue weighted by atomic mass is 19.1. The molecule has 2 heterocycles. The molecule has 7 heteroatoms. The van der Waals surface area contributed by atoms with Crippen molar-refractivity contribution in [2.75, 3.05) is 31.1 Å². The van der Waals surface area contributed by atoms with Gasteiger partial charge in [0.2, 0.25) is 0 Å². The van der Waals surface area contributed by atoms with Gasteiger partial charge in [0.1, 0.15) is 11.5 Å². The molecule has 0 bridgehead atoms. The minimum Gasteiger partial charge on any atom is -0.368 e. The van der Waals surface area contributed by atoms with E-state index in [1.54, 1.807) is 29.8 Å². The van der Waals surface area contributed by atoms with Crippen molar-refractivity contribution in [1.29, 1.82) is 0 Å². The number of hydrogen-bond acceptors (Lipinski definition) is 4. The summed E-state index contributed by atoms with van der Waals surface area (Å²) < 4.78 is 14.8. The second-order valence-electron chi connectivity index (χ2n) is 7.44. The Kier molecular flexibility index (Phi) is 5.35. The van der Waals surface area contributed by atoms with Crippen LogP contribution in [0.2, 0.25) is 0 Å². The van der Waals surface area contributed by atoms with Crippen LogP contribution in [0.5, 0.6) is 0 Å². The first-order chi connectivity index (χ1) is 14.4. The number of hydrogen-bond donors (Lipinski definition) is 0. The van der Waals surface area contributed by atoms with Crippen molar-refractivity contribution in [3.8, 4) is 5.69 Å². The average molecular weight is 406 g/mol. The second kappa shape index (κ2) is 8.10. The van der Waals surface area contributed by atoms with E-state index in [0.29, 0.717) is 43.1 Å². The predicted molar refractivity (Wildman–Crippen MR) is 113 cm³/mol. The Hall–Kier alpha value is -3.48. The summed E-state index contributed by atoms with van der Waals surface area (Å²) in [5.74, 6) is -0.375. The monoisotopic (exact) mass is 406 g/mol. The molecule has 1 amide bonds. The summed E-state index contributed by atoms with van der Waals surface area (Å²) in [5.41, 5.74) is 3.58. The van der Waals surface area contributed by atoms with Crippen molar-refractivity contribution < 1.29 is 14.0 Å². The van der Waals surface area contributed by atoms with E-state index >= 15 is 0 Å². The number of carbonyl (C=O) groups is 2. The lowest BCUT2D eigenvalue weighted by Gasteiger charge is -2.36. The molecule has 0 spiro atoms. The number of aromatic nitrogens is 2. The Bertz CT molecular complexity index is 1070. The molecule has 2 aromatic carbocycles. The fraction of sp³-hybridized carbons (Fsp3) is 0.261. The Morgan fingerprint density at radius 3 is 2.10 bits per heavy atom. The van der Waals surface area contributed by atoms with Crippen LogP contribution in [-0.2, 0) is 0 Å². The molecule has 1 aliphatic heterocycles. The standard InChI is InChI=1S/C23H23FN4O2/c1-16-15-22(28(25-16)21-9-5-19(24)6-10-21)23(30)27-13-11-26(12-14-27)20-7-3-18(4-8-20)17(2)29/h3-10,15H,11-14H2,1-2H3. The topological polar surface area (TPSA) is 58.4 Å². The van der Waals surface area contributed by atoms with Gasteiger partial charge < -0.3 is 9.80 Å². The van der Waals surface area contributed by atoms with Gasteiger partial charge in [0.05, 0.1) is 11.4 Å². The summed E-state index contributed by atoms with van der Waals surface area (Å²) in [4.78, 5) is 28.6. The minimum atomic E-state index is -0.331. The van der Waals surface area contributed by atoms with E-state index in [2.05, 4.69) is 10.00 Å². The van der Waals surface area contributed by atoms with Crippen LogP contribution in [0.3, 0.4) is 0 Å². The molecule has 0 N–H and O–H groups in total. The highest BCUT2D eigenvalue weighted by molar-refractivity contribution is 5.94. The van der Waals surface area contributed by atoms with Crippen molar-refractivity contribution in [3.63, 3.8) is 0 Å². The predicted octanol–water partition coefficient (Wildman–Crippen LogP) is 3.48. The molecule has 0 aliphatic carbocycles. The molecule has 30 heavy (non-hydrogen) atoms. The molecule has 0 atom stereocenters. The molecule has 4 rings (SSSR count). The third-order valence-corrected chi connectivity index (χ3v) is 5.33. The number of Topliss-reactive ketones (excluding diaryl/α,β-unsaturated/α-hetero) is 1. The van der Waals surface area contributed by atoms with Crippen molar-refractivity contribution in [2.24, 2.45) is 0 Å². The lowest BCUT2D eigenvalue weighted by Crippen LogP contribution is -2.49. The van der Waals surface area contributed by atoms with Crippen LogP contribution < -0.4 is 4.90 Å². The lowest BCUT2D eigenvalue weighted by atomic mass is 10.1. The number of nitrogens with zero attached hydrogens (tertiary/aromatic N) is 4. The SMILES string of the molecule is CC(=O)c1ccc(N2CCN(C(=O)c3cc(C)nn3-c3ccc(F)cc3)CC2)cc1. The Labute approximate surface area is 174 Å². The number of ketones is 1. The van der Waals surface area contributed by atoms with Crippen LogP contribution in [0.25, 0.3) is 5.69 Å². The average Bonchev–Trinajstić information content (AvgIpc) is 3.15. The lowest BCUT2D eigenvalue weighted by molar-refractivity contribution is 0.0737. The Balaban J connectivity index is 1.47. The van der Waals surface area contributed by atoms with Gasteiger partial charge in [-0.15, -0.1) is 0 Å². The van der Waals surface area contributed by atoms with Gasteiger partial charge in [0, 0.05) is 37.4 Å². The fourth-order valence-electron chi connectivity index (χ4n) is 3.67. The van der Waals surface area contributed by atoms with Crippen LogP contribution in [0, 0.1) is 12.7 Å². The van der Waals surface area contributed by atoms with Crippen molar-refractivity contribution in [2.45, 2.75) is 13.8 Å². The van der Waals surface area contributed by atoms with Gasteiger partial charge in [-0.25, -0.2) is 9.07 Å². The van der Waals surface area contributed by atoms with E-state index in [1.807, 2.05) is 36.1 Å². The zero-order chi connectivity index (χ0) is 21.3. The molecule has 0 unspecified atom stereocenters. The van der Waals surface area contributed by atoms with E-state index in [4.69, 9.17) is 0 Å². The summed E-state index contributed by atoms with van der Waals surface area (Å²) >= 11 is 0. The Morgan fingerprint density at radius 2 is 1.50 bits per heavy atom. The molecule has 3 aromatic rings. The van der Waals surface area contributed by atoms with Gasteiger partial charge in [0.15, 0.2) is 5.78 Å². The zero-order valence-electron chi connectivity index (χ0n) is 17.0. The molecular formula is C23H23FN4O2. The van der Waals surface area contributed by atoms with Gasteiger partial charge in [-0.3, -0.25) is 9.59 Å². The maximum atomic E-state index is 13.3. The van der Waals surface area contributed by atoms with Crippen LogP contribution in [0.15, 0.2) is 54.6 Å². The van der Waals surface area contributed by atoms with Crippen molar-refractivity contribution >= 4 is 17.4 Å². The largest absolute Gasteiger partial charge is 0.368 e. The van der Waals surface area contributed by atoms with Gasteiger partial charge >= 0.3 is 0 Å². The molecule has 154 valence electrons. The third-order valence-electron chi connectivity index (χ3n) is 5.33. The quantitative estimate of drug-likeness (QED) is 0.623. The normalized spacial score (nSPS) is 14.1. The maximum Gasteiger partial charge on any atom is 0.272 e. The molecule has 0 radical (unpaired) electrons. The number of carbonyl (C=O) groups excluding carboxylic acids is 2. The summed E-state index contributed by atoms with van der Waals surface area (Å²) in [6.45, 7) is 5.96. The highest BCUT2D eigenvalue weighted by Crippen LogP contribution is 2.20. The van der Waals surface area contributed by atoms with Gasteiger partial charge in [-0.05, 0) is 68.4 Å². The van der Waals surface area contributed by atoms with Crippen LogP contribution in [0.1, 0.15) is 33.5 Å². The first-order valence-corrected chi connectivity index (χ1v) is 9.90. The van der Waals surface area contributed by atoms with Gasteiger partial charge in [-0.1, -0.05) is 0 Å².